The summed E-state index contributed by atoms with van der Waals surface area (Å²) in [7, 11) is 0. The van der Waals surface area contributed by atoms with Crippen molar-refractivity contribution >= 4 is 68.9 Å². The van der Waals surface area contributed by atoms with Crippen LogP contribution in [0.2, 0.25) is 0 Å². The number of fused-ring (bicyclic) bond motifs is 2. The lowest BCUT2D eigenvalue weighted by atomic mass is 10.3. The van der Waals surface area contributed by atoms with Crippen LogP contribution in [0.5, 0.6) is 11.5 Å². The Kier molecular flexibility index (Phi) is 4.74. The summed E-state index contributed by atoms with van der Waals surface area (Å²) < 4.78 is 14.5. The first-order chi connectivity index (χ1) is 13.8. The molecule has 0 aromatic carbocycles. The Bertz CT molecular complexity index is 1030. The summed E-state index contributed by atoms with van der Waals surface area (Å²) in [4.78, 5) is 5.49. The van der Waals surface area contributed by atoms with Gasteiger partial charge in [0.25, 0.3) is 0 Å². The van der Waals surface area contributed by atoms with E-state index < -0.39 is 0 Å². The molecule has 142 valence electrons. The Balaban J connectivity index is 1.21. The molecule has 2 nitrogen and oxygen atoms in total. The van der Waals surface area contributed by atoms with Crippen LogP contribution in [0, 0.1) is 0 Å². The quantitative estimate of drug-likeness (QED) is 0.296. The zero-order chi connectivity index (χ0) is 18.5. The van der Waals surface area contributed by atoms with Gasteiger partial charge in [0.2, 0.25) is 0 Å². The van der Waals surface area contributed by atoms with Crippen LogP contribution in [0.15, 0.2) is 55.6 Å². The SMILES string of the molecule is c1cc2c(s1)SC(c1ccc(-c3ccc(C4COc5ccsc5S4)s3)s1)CO2. The van der Waals surface area contributed by atoms with Gasteiger partial charge in [-0.15, -0.1) is 45.3 Å². The predicted octanol–water partition coefficient (Wildman–Crippen LogP) is 8.05. The Morgan fingerprint density at radius 2 is 1.14 bits per heavy atom. The molecule has 0 saturated carbocycles. The van der Waals surface area contributed by atoms with Gasteiger partial charge in [-0.1, -0.05) is 23.5 Å². The fourth-order valence-corrected chi connectivity index (χ4v) is 10.1. The summed E-state index contributed by atoms with van der Waals surface area (Å²) in [5.41, 5.74) is 0. The highest BCUT2D eigenvalue weighted by Crippen LogP contribution is 2.51. The van der Waals surface area contributed by atoms with E-state index >= 15 is 0 Å². The van der Waals surface area contributed by atoms with Crippen LogP contribution in [0.1, 0.15) is 20.3 Å². The molecular weight excluding hydrogens is 465 g/mol. The molecule has 0 bridgehead atoms. The molecule has 0 amide bonds. The number of rotatable bonds is 3. The van der Waals surface area contributed by atoms with E-state index in [9.17, 15) is 0 Å². The zero-order valence-corrected chi connectivity index (χ0v) is 19.4. The number of hydrogen-bond donors (Lipinski definition) is 0. The van der Waals surface area contributed by atoms with Crippen molar-refractivity contribution in [3.8, 4) is 21.3 Å². The highest BCUT2D eigenvalue weighted by atomic mass is 32.2. The van der Waals surface area contributed by atoms with Gasteiger partial charge < -0.3 is 9.47 Å². The van der Waals surface area contributed by atoms with Gasteiger partial charge in [-0.3, -0.25) is 0 Å². The number of ether oxygens (including phenoxy) is 2. The van der Waals surface area contributed by atoms with Crippen molar-refractivity contribution in [2.24, 2.45) is 0 Å². The lowest BCUT2D eigenvalue weighted by Gasteiger charge is -2.21. The molecule has 8 heteroatoms. The van der Waals surface area contributed by atoms with Crippen molar-refractivity contribution in [1.82, 2.24) is 0 Å². The molecule has 0 spiro atoms. The molecule has 6 heterocycles. The Morgan fingerprint density at radius 1 is 0.643 bits per heavy atom. The van der Waals surface area contributed by atoms with Crippen molar-refractivity contribution in [1.29, 1.82) is 0 Å². The molecule has 2 unspecified atom stereocenters. The van der Waals surface area contributed by atoms with E-state index in [-0.39, 0.29) is 0 Å². The maximum Gasteiger partial charge on any atom is 0.143 e. The van der Waals surface area contributed by atoms with Crippen LogP contribution < -0.4 is 9.47 Å². The van der Waals surface area contributed by atoms with Crippen LogP contribution in [0.4, 0.5) is 0 Å². The highest BCUT2D eigenvalue weighted by molar-refractivity contribution is 8.02. The molecule has 0 N–H and O–H groups in total. The van der Waals surface area contributed by atoms with Crippen molar-refractivity contribution in [2.45, 2.75) is 18.9 Å². The van der Waals surface area contributed by atoms with E-state index in [2.05, 4.69) is 47.2 Å². The lowest BCUT2D eigenvalue weighted by Crippen LogP contribution is -2.09. The molecule has 2 aliphatic heterocycles. The largest absolute Gasteiger partial charge is 0.490 e. The molecular formula is C20H14O2S6. The van der Waals surface area contributed by atoms with Gasteiger partial charge in [0.1, 0.15) is 33.1 Å². The monoisotopic (exact) mass is 478 g/mol. The first-order valence-corrected chi connectivity index (χ1v) is 13.9. The van der Waals surface area contributed by atoms with Crippen LogP contribution in [0.3, 0.4) is 0 Å². The van der Waals surface area contributed by atoms with Gasteiger partial charge in [-0.25, -0.2) is 0 Å². The average Bonchev–Trinajstić information content (AvgIpc) is 3.53. The van der Waals surface area contributed by atoms with Crippen molar-refractivity contribution in [3.05, 3.63) is 56.9 Å². The van der Waals surface area contributed by atoms with E-state index in [0.717, 1.165) is 24.7 Å². The molecule has 28 heavy (non-hydrogen) atoms. The van der Waals surface area contributed by atoms with Crippen molar-refractivity contribution in [3.63, 3.8) is 0 Å². The summed E-state index contributed by atoms with van der Waals surface area (Å²) in [5, 5.41) is 5.01. The molecule has 2 aliphatic rings. The fraction of sp³-hybridized carbons (Fsp3) is 0.200. The second-order valence-electron chi connectivity index (χ2n) is 6.38. The zero-order valence-electron chi connectivity index (χ0n) is 14.5. The van der Waals surface area contributed by atoms with Gasteiger partial charge in [-0.2, -0.15) is 0 Å². The van der Waals surface area contributed by atoms with Crippen LogP contribution in [-0.4, -0.2) is 13.2 Å². The fourth-order valence-electron chi connectivity index (χ4n) is 3.21. The topological polar surface area (TPSA) is 18.5 Å². The van der Waals surface area contributed by atoms with Crippen molar-refractivity contribution in [2.75, 3.05) is 13.2 Å². The normalized spacial score (nSPS) is 20.9. The molecule has 0 radical (unpaired) electrons. The second-order valence-corrected chi connectivity index (χ2v) is 13.4. The molecule has 4 aromatic rings. The number of thioether (sulfide) groups is 2. The summed E-state index contributed by atoms with van der Waals surface area (Å²) >= 11 is 11.2. The third-order valence-electron chi connectivity index (χ3n) is 4.60. The van der Waals surface area contributed by atoms with Gasteiger partial charge in [0, 0.05) is 19.5 Å². The van der Waals surface area contributed by atoms with E-state index in [4.69, 9.17) is 9.47 Å². The van der Waals surface area contributed by atoms with E-state index in [1.54, 1.807) is 22.7 Å². The van der Waals surface area contributed by atoms with Crippen LogP contribution in [0.25, 0.3) is 9.75 Å². The molecule has 0 fully saturated rings. The summed E-state index contributed by atoms with van der Waals surface area (Å²) in [6.07, 6.45) is 0. The van der Waals surface area contributed by atoms with E-state index in [1.165, 1.54) is 27.9 Å². The molecule has 6 rings (SSSR count). The first-order valence-electron chi connectivity index (χ1n) is 8.77. The Morgan fingerprint density at radius 3 is 1.64 bits per heavy atom. The average molecular weight is 479 g/mol. The standard InChI is InChI=1S/C20H14O2S6/c1-3-15(17-9-21-11-5-7-23-19(11)27-17)25-13(1)14-2-4-16(26-14)18-10-22-12-6-8-24-20(12)28-18/h1-8,17-18H,9-10H2. The minimum Gasteiger partial charge on any atom is -0.490 e. The minimum atomic E-state index is 0.392. The molecule has 4 aromatic heterocycles. The molecule has 0 saturated heterocycles. The van der Waals surface area contributed by atoms with E-state index in [1.807, 2.05) is 46.2 Å². The highest BCUT2D eigenvalue weighted by Gasteiger charge is 2.26. The van der Waals surface area contributed by atoms with Crippen LogP contribution >= 0.6 is 68.9 Å². The summed E-state index contributed by atoms with van der Waals surface area (Å²) in [5.74, 6) is 2.10. The molecule has 0 aliphatic carbocycles. The van der Waals surface area contributed by atoms with Gasteiger partial charge in [-0.05, 0) is 47.2 Å². The third-order valence-corrected chi connectivity index (χ3v) is 12.2. The summed E-state index contributed by atoms with van der Waals surface area (Å²) in [6.45, 7) is 1.51. The van der Waals surface area contributed by atoms with Crippen molar-refractivity contribution < 1.29 is 9.47 Å². The maximum atomic E-state index is 5.93. The van der Waals surface area contributed by atoms with Gasteiger partial charge >= 0.3 is 0 Å². The summed E-state index contributed by atoms with van der Waals surface area (Å²) in [6, 6.07) is 13.2. The third kappa shape index (κ3) is 3.24. The smallest absolute Gasteiger partial charge is 0.143 e. The predicted molar refractivity (Wildman–Crippen MR) is 124 cm³/mol. The van der Waals surface area contributed by atoms with Crippen LogP contribution in [-0.2, 0) is 0 Å². The molecule has 2 atom stereocenters. The Labute approximate surface area is 187 Å². The minimum absolute atomic E-state index is 0.392. The Hall–Kier alpha value is -0.900. The van der Waals surface area contributed by atoms with E-state index in [0.29, 0.717) is 10.5 Å². The number of hydrogen-bond acceptors (Lipinski definition) is 8. The number of thiophene rings is 4. The van der Waals surface area contributed by atoms with Gasteiger partial charge in [0.05, 0.1) is 10.5 Å². The lowest BCUT2D eigenvalue weighted by molar-refractivity contribution is 0.308. The maximum absolute atomic E-state index is 5.93. The first kappa shape index (κ1) is 17.9. The van der Waals surface area contributed by atoms with Gasteiger partial charge in [0.15, 0.2) is 0 Å². The second kappa shape index (κ2) is 7.41.